The van der Waals surface area contributed by atoms with Gasteiger partial charge in [-0.15, -0.1) is 0 Å². The van der Waals surface area contributed by atoms with Crippen LogP contribution in [0, 0.1) is 0 Å². The molecule has 1 rings (SSSR count). The van der Waals surface area contributed by atoms with E-state index in [4.69, 9.17) is 0 Å². The second kappa shape index (κ2) is 2.10. The van der Waals surface area contributed by atoms with Gasteiger partial charge in [-0.05, 0) is 41.5 Å². The summed E-state index contributed by atoms with van der Waals surface area (Å²) >= 11 is 0. The van der Waals surface area contributed by atoms with Crippen LogP contribution in [0.15, 0.2) is 11.1 Å². The van der Waals surface area contributed by atoms with Crippen molar-refractivity contribution in [3.8, 4) is 0 Å². The molecule has 0 aromatic carbocycles. The lowest BCUT2D eigenvalue weighted by Crippen LogP contribution is -2.46. The molecule has 11 heavy (non-hydrogen) atoms. The van der Waals surface area contributed by atoms with E-state index < -0.39 is 0 Å². The van der Waals surface area contributed by atoms with Crippen LogP contribution in [0.3, 0.4) is 0 Å². The molecule has 1 aliphatic rings. The molecule has 0 saturated carbocycles. The molecule has 0 aromatic rings. The Hall–Kier alpha value is -0.300. The highest BCUT2D eigenvalue weighted by Gasteiger charge is 2.38. The summed E-state index contributed by atoms with van der Waals surface area (Å²) < 4.78 is 0. The summed E-state index contributed by atoms with van der Waals surface area (Å²) in [7, 11) is 0. The lowest BCUT2D eigenvalue weighted by molar-refractivity contribution is 0.380. The number of nitrogens with one attached hydrogen (secondary N) is 1. The monoisotopic (exact) mass is 153 g/mol. The van der Waals surface area contributed by atoms with Gasteiger partial charge in [0, 0.05) is 11.1 Å². The van der Waals surface area contributed by atoms with E-state index in [1.165, 1.54) is 11.1 Å². The maximum Gasteiger partial charge on any atom is 0.0344 e. The van der Waals surface area contributed by atoms with Crippen molar-refractivity contribution in [1.82, 2.24) is 5.32 Å². The molecule has 0 radical (unpaired) electrons. The van der Waals surface area contributed by atoms with Gasteiger partial charge in [0.25, 0.3) is 0 Å². The lowest BCUT2D eigenvalue weighted by atomic mass is 9.93. The maximum atomic E-state index is 3.59. The number of hydrogen-bond donors (Lipinski definition) is 1. The molecule has 1 aliphatic heterocycles. The van der Waals surface area contributed by atoms with Crippen molar-refractivity contribution < 1.29 is 0 Å². The molecule has 0 amide bonds. The summed E-state index contributed by atoms with van der Waals surface area (Å²) in [6.07, 6.45) is 0. The number of hydrogen-bond acceptors (Lipinski definition) is 1. The first-order valence-electron chi connectivity index (χ1n) is 4.25. The second-order valence-corrected chi connectivity index (χ2v) is 4.62. The van der Waals surface area contributed by atoms with E-state index in [1.54, 1.807) is 0 Å². The van der Waals surface area contributed by atoms with Crippen molar-refractivity contribution in [1.29, 1.82) is 0 Å². The third-order valence-corrected chi connectivity index (χ3v) is 3.06. The van der Waals surface area contributed by atoms with Gasteiger partial charge >= 0.3 is 0 Å². The first-order valence-corrected chi connectivity index (χ1v) is 4.25. The van der Waals surface area contributed by atoms with Crippen molar-refractivity contribution >= 4 is 0 Å². The normalized spacial score (nSPS) is 27.8. The van der Waals surface area contributed by atoms with E-state index in [1.807, 2.05) is 0 Å². The van der Waals surface area contributed by atoms with Crippen LogP contribution in [0.2, 0.25) is 0 Å². The van der Waals surface area contributed by atoms with Gasteiger partial charge < -0.3 is 0 Å². The largest absolute Gasteiger partial charge is 0.299 e. The molecular weight excluding hydrogens is 134 g/mol. The van der Waals surface area contributed by atoms with Crippen LogP contribution >= 0.6 is 0 Å². The van der Waals surface area contributed by atoms with Gasteiger partial charge in [-0.2, -0.15) is 0 Å². The first kappa shape index (κ1) is 8.79. The highest BCUT2D eigenvalue weighted by molar-refractivity contribution is 5.35. The molecule has 1 N–H and O–H groups in total. The van der Waals surface area contributed by atoms with Crippen LogP contribution in [0.4, 0.5) is 0 Å². The standard InChI is InChI=1S/C10H19N/c1-7-8(2)10(5,6)11-9(7,3)4/h11H,1-6H3. The Bertz CT molecular complexity index is 187. The molecule has 0 saturated heterocycles. The van der Waals surface area contributed by atoms with E-state index in [9.17, 15) is 0 Å². The Balaban J connectivity index is 3.09. The summed E-state index contributed by atoms with van der Waals surface area (Å²) in [5, 5.41) is 3.59. The zero-order valence-corrected chi connectivity index (χ0v) is 8.50. The Morgan fingerprint density at radius 3 is 1.18 bits per heavy atom. The summed E-state index contributed by atoms with van der Waals surface area (Å²) in [5.41, 5.74) is 3.35. The average molecular weight is 153 g/mol. The van der Waals surface area contributed by atoms with E-state index in [0.29, 0.717) is 0 Å². The predicted molar refractivity (Wildman–Crippen MR) is 49.7 cm³/mol. The highest BCUT2D eigenvalue weighted by Crippen LogP contribution is 2.35. The molecule has 0 bridgehead atoms. The minimum Gasteiger partial charge on any atom is -0.299 e. The molecule has 0 aromatic heterocycles. The molecule has 1 heteroatoms. The first-order chi connectivity index (χ1) is 4.77. The Labute approximate surface area is 69.9 Å². The fraction of sp³-hybridized carbons (Fsp3) is 0.800. The molecule has 0 aliphatic carbocycles. The zero-order valence-electron chi connectivity index (χ0n) is 8.50. The van der Waals surface area contributed by atoms with Crippen molar-refractivity contribution in [3.63, 3.8) is 0 Å². The summed E-state index contributed by atoms with van der Waals surface area (Å²) in [6.45, 7) is 13.4. The van der Waals surface area contributed by atoms with Gasteiger partial charge in [-0.3, -0.25) is 5.32 Å². The third-order valence-electron chi connectivity index (χ3n) is 3.06. The SMILES string of the molecule is CC1=C(C)C(C)(C)NC1(C)C. The number of rotatable bonds is 0. The van der Waals surface area contributed by atoms with E-state index in [0.717, 1.165) is 0 Å². The van der Waals surface area contributed by atoms with Crippen LogP contribution in [-0.4, -0.2) is 11.1 Å². The van der Waals surface area contributed by atoms with Gasteiger partial charge in [0.15, 0.2) is 0 Å². The molecule has 0 spiro atoms. The lowest BCUT2D eigenvalue weighted by Gasteiger charge is -2.27. The average Bonchev–Trinajstić information content (AvgIpc) is 1.91. The van der Waals surface area contributed by atoms with Crippen LogP contribution in [0.25, 0.3) is 0 Å². The highest BCUT2D eigenvalue weighted by atomic mass is 15.1. The zero-order chi connectivity index (χ0) is 8.86. The Kier molecular flexibility index (Phi) is 1.68. The topological polar surface area (TPSA) is 12.0 Å². The fourth-order valence-electron chi connectivity index (χ4n) is 1.91. The molecule has 0 fully saturated rings. The van der Waals surface area contributed by atoms with Crippen molar-refractivity contribution in [2.75, 3.05) is 0 Å². The van der Waals surface area contributed by atoms with Gasteiger partial charge in [0.05, 0.1) is 0 Å². The van der Waals surface area contributed by atoms with Crippen molar-refractivity contribution in [3.05, 3.63) is 11.1 Å². The maximum absolute atomic E-state index is 3.59. The van der Waals surface area contributed by atoms with Crippen LogP contribution in [-0.2, 0) is 0 Å². The van der Waals surface area contributed by atoms with Crippen LogP contribution < -0.4 is 5.32 Å². The van der Waals surface area contributed by atoms with Gasteiger partial charge in [-0.25, -0.2) is 0 Å². The van der Waals surface area contributed by atoms with Gasteiger partial charge in [0.1, 0.15) is 0 Å². The third kappa shape index (κ3) is 1.22. The van der Waals surface area contributed by atoms with Gasteiger partial charge in [-0.1, -0.05) is 11.1 Å². The molecule has 64 valence electrons. The Morgan fingerprint density at radius 2 is 1.09 bits per heavy atom. The molecular formula is C10H19N. The molecule has 1 nitrogen and oxygen atoms in total. The molecule has 0 unspecified atom stereocenters. The Morgan fingerprint density at radius 1 is 0.818 bits per heavy atom. The fourth-order valence-corrected chi connectivity index (χ4v) is 1.91. The second-order valence-electron chi connectivity index (χ2n) is 4.62. The van der Waals surface area contributed by atoms with E-state index in [2.05, 4.69) is 46.9 Å². The summed E-state index contributed by atoms with van der Waals surface area (Å²) in [6, 6.07) is 0. The van der Waals surface area contributed by atoms with Gasteiger partial charge in [0.2, 0.25) is 0 Å². The minimum absolute atomic E-state index is 0.188. The van der Waals surface area contributed by atoms with Crippen molar-refractivity contribution in [2.24, 2.45) is 0 Å². The smallest absolute Gasteiger partial charge is 0.0344 e. The quantitative estimate of drug-likeness (QED) is 0.527. The van der Waals surface area contributed by atoms with E-state index >= 15 is 0 Å². The van der Waals surface area contributed by atoms with Crippen molar-refractivity contribution in [2.45, 2.75) is 52.6 Å². The van der Waals surface area contributed by atoms with Crippen LogP contribution in [0.5, 0.6) is 0 Å². The summed E-state index contributed by atoms with van der Waals surface area (Å²) in [5.74, 6) is 0. The minimum atomic E-state index is 0.188. The van der Waals surface area contributed by atoms with E-state index in [-0.39, 0.29) is 11.1 Å². The summed E-state index contributed by atoms with van der Waals surface area (Å²) in [4.78, 5) is 0. The van der Waals surface area contributed by atoms with Crippen LogP contribution in [0.1, 0.15) is 41.5 Å². The predicted octanol–water partition coefficient (Wildman–Crippen LogP) is 2.48. The molecule has 1 heterocycles. The molecule has 0 atom stereocenters.